The third-order valence-corrected chi connectivity index (χ3v) is 5.75. The van der Waals surface area contributed by atoms with E-state index in [4.69, 9.17) is 11.6 Å². The van der Waals surface area contributed by atoms with Crippen LogP contribution >= 0.6 is 11.6 Å². The molecular weight excluding hydrogens is 413 g/mol. The summed E-state index contributed by atoms with van der Waals surface area (Å²) in [5, 5.41) is 3.62. The Labute approximate surface area is 187 Å². The lowest BCUT2D eigenvalue weighted by atomic mass is 10.1. The molecule has 0 radical (unpaired) electrons. The van der Waals surface area contributed by atoms with E-state index in [1.165, 1.54) is 17.8 Å². The minimum atomic E-state index is -0.301. The number of halogens is 2. The van der Waals surface area contributed by atoms with E-state index in [0.717, 1.165) is 48.9 Å². The molecule has 0 atom stereocenters. The van der Waals surface area contributed by atoms with Crippen molar-refractivity contribution < 1.29 is 9.18 Å². The highest BCUT2D eigenvalue weighted by molar-refractivity contribution is 6.30. The number of hydrogen-bond acceptors (Lipinski definition) is 3. The summed E-state index contributed by atoms with van der Waals surface area (Å²) in [7, 11) is 0. The van der Waals surface area contributed by atoms with E-state index in [0.29, 0.717) is 12.1 Å². The Balaban J connectivity index is 1.30. The van der Waals surface area contributed by atoms with Crippen molar-refractivity contribution in [2.24, 2.45) is 0 Å². The van der Waals surface area contributed by atoms with Gasteiger partial charge in [-0.25, -0.2) is 4.39 Å². The maximum atomic E-state index is 13.3. The van der Waals surface area contributed by atoms with E-state index in [2.05, 4.69) is 33.3 Å². The molecule has 31 heavy (non-hydrogen) atoms. The summed E-state index contributed by atoms with van der Waals surface area (Å²) in [6.07, 6.45) is 0. The molecule has 0 bridgehead atoms. The van der Waals surface area contributed by atoms with Crippen LogP contribution in [0.2, 0.25) is 5.02 Å². The van der Waals surface area contributed by atoms with Gasteiger partial charge in [0, 0.05) is 55.5 Å². The molecule has 1 saturated heterocycles. The molecule has 160 valence electrons. The van der Waals surface area contributed by atoms with Crippen LogP contribution in [0.15, 0.2) is 72.8 Å². The van der Waals surface area contributed by atoms with Crippen molar-refractivity contribution in [1.82, 2.24) is 10.2 Å². The summed E-state index contributed by atoms with van der Waals surface area (Å²) in [5.74, 6) is -0.455. The number of carbonyl (C=O) groups is 1. The summed E-state index contributed by atoms with van der Waals surface area (Å²) in [5.41, 5.74) is 3.66. The molecule has 6 heteroatoms. The Morgan fingerprint density at radius 2 is 1.61 bits per heavy atom. The van der Waals surface area contributed by atoms with Gasteiger partial charge in [-0.15, -0.1) is 0 Å². The SMILES string of the molecule is O=C(NCc1cccc(F)c1)c1cccc(CN2CCN(c3ccc(Cl)cc3)CC2)c1. The Morgan fingerprint density at radius 1 is 0.903 bits per heavy atom. The number of benzene rings is 3. The highest BCUT2D eigenvalue weighted by Crippen LogP contribution is 2.20. The molecule has 3 aromatic rings. The van der Waals surface area contributed by atoms with Gasteiger partial charge in [-0.05, 0) is 59.7 Å². The number of carbonyl (C=O) groups excluding carboxylic acids is 1. The number of piperazine rings is 1. The smallest absolute Gasteiger partial charge is 0.251 e. The van der Waals surface area contributed by atoms with Gasteiger partial charge in [-0.1, -0.05) is 35.9 Å². The summed E-state index contributed by atoms with van der Waals surface area (Å²) >= 11 is 5.99. The van der Waals surface area contributed by atoms with Crippen LogP contribution in [0.25, 0.3) is 0 Å². The van der Waals surface area contributed by atoms with Crippen LogP contribution in [0, 0.1) is 5.82 Å². The Bertz CT molecular complexity index is 1030. The minimum Gasteiger partial charge on any atom is -0.369 e. The van der Waals surface area contributed by atoms with Gasteiger partial charge in [0.2, 0.25) is 0 Å². The molecule has 1 aliphatic heterocycles. The monoisotopic (exact) mass is 437 g/mol. The molecular formula is C25H25ClFN3O. The predicted octanol–water partition coefficient (Wildman–Crippen LogP) is 4.73. The maximum Gasteiger partial charge on any atom is 0.251 e. The number of rotatable bonds is 6. The molecule has 1 aliphatic rings. The zero-order chi connectivity index (χ0) is 21.6. The fourth-order valence-corrected chi connectivity index (χ4v) is 3.94. The van der Waals surface area contributed by atoms with Crippen LogP contribution in [0.1, 0.15) is 21.5 Å². The van der Waals surface area contributed by atoms with Gasteiger partial charge in [-0.2, -0.15) is 0 Å². The molecule has 3 aromatic carbocycles. The number of amides is 1. The molecule has 1 heterocycles. The lowest BCUT2D eigenvalue weighted by Crippen LogP contribution is -2.45. The van der Waals surface area contributed by atoms with Gasteiger partial charge >= 0.3 is 0 Å². The molecule has 0 aromatic heterocycles. The average molecular weight is 438 g/mol. The van der Waals surface area contributed by atoms with Crippen molar-refractivity contribution in [3.05, 3.63) is 100 Å². The number of nitrogens with one attached hydrogen (secondary N) is 1. The third kappa shape index (κ3) is 5.84. The number of anilines is 1. The normalized spacial score (nSPS) is 14.5. The molecule has 1 N–H and O–H groups in total. The van der Waals surface area contributed by atoms with Crippen LogP contribution in [0.3, 0.4) is 0 Å². The van der Waals surface area contributed by atoms with Crippen molar-refractivity contribution in [2.45, 2.75) is 13.1 Å². The Morgan fingerprint density at radius 3 is 2.35 bits per heavy atom. The number of hydrogen-bond donors (Lipinski definition) is 1. The largest absolute Gasteiger partial charge is 0.369 e. The highest BCUT2D eigenvalue weighted by Gasteiger charge is 2.18. The predicted molar refractivity (Wildman–Crippen MR) is 123 cm³/mol. The van der Waals surface area contributed by atoms with Crippen LogP contribution in [-0.4, -0.2) is 37.0 Å². The van der Waals surface area contributed by atoms with Crippen molar-refractivity contribution in [1.29, 1.82) is 0 Å². The summed E-state index contributed by atoms with van der Waals surface area (Å²) in [6.45, 7) is 4.93. The first-order valence-electron chi connectivity index (χ1n) is 10.4. The van der Waals surface area contributed by atoms with E-state index < -0.39 is 0 Å². The first-order chi connectivity index (χ1) is 15.1. The first kappa shape index (κ1) is 21.3. The molecule has 0 spiro atoms. The van der Waals surface area contributed by atoms with E-state index >= 15 is 0 Å². The van der Waals surface area contributed by atoms with Gasteiger partial charge in [-0.3, -0.25) is 9.69 Å². The minimum absolute atomic E-state index is 0.154. The van der Waals surface area contributed by atoms with Crippen molar-refractivity contribution in [3.8, 4) is 0 Å². The summed E-state index contributed by atoms with van der Waals surface area (Å²) in [4.78, 5) is 17.3. The number of nitrogens with zero attached hydrogens (tertiary/aromatic N) is 2. The molecule has 0 unspecified atom stereocenters. The van der Waals surface area contributed by atoms with Gasteiger partial charge < -0.3 is 10.2 Å². The second-order valence-electron chi connectivity index (χ2n) is 7.75. The topological polar surface area (TPSA) is 35.6 Å². The molecule has 4 rings (SSSR count). The summed E-state index contributed by atoms with van der Waals surface area (Å²) in [6, 6.07) is 21.9. The zero-order valence-corrected chi connectivity index (χ0v) is 18.0. The van der Waals surface area contributed by atoms with Crippen molar-refractivity contribution in [3.63, 3.8) is 0 Å². The molecule has 4 nitrogen and oxygen atoms in total. The molecule has 0 aliphatic carbocycles. The van der Waals surface area contributed by atoms with Crippen molar-refractivity contribution in [2.75, 3.05) is 31.1 Å². The second kappa shape index (κ2) is 9.94. The highest BCUT2D eigenvalue weighted by atomic mass is 35.5. The standard InChI is InChI=1S/C25H25ClFN3O/c26-22-7-9-24(10-8-22)30-13-11-29(12-14-30)18-20-4-1-5-21(15-20)25(31)28-17-19-3-2-6-23(27)16-19/h1-10,15-16H,11-14,17-18H2,(H,28,31). The Kier molecular flexibility index (Phi) is 6.85. The quantitative estimate of drug-likeness (QED) is 0.605. The van der Waals surface area contributed by atoms with Gasteiger partial charge in [0.15, 0.2) is 0 Å². The molecule has 1 amide bonds. The first-order valence-corrected chi connectivity index (χ1v) is 10.8. The van der Waals surface area contributed by atoms with Crippen LogP contribution < -0.4 is 10.2 Å². The zero-order valence-electron chi connectivity index (χ0n) is 17.2. The van der Waals surface area contributed by atoms with E-state index in [-0.39, 0.29) is 11.7 Å². The fourth-order valence-electron chi connectivity index (χ4n) is 3.82. The van der Waals surface area contributed by atoms with E-state index in [9.17, 15) is 9.18 Å². The van der Waals surface area contributed by atoms with E-state index in [1.807, 2.05) is 30.3 Å². The third-order valence-electron chi connectivity index (χ3n) is 5.50. The fraction of sp³-hybridized carbons (Fsp3) is 0.240. The van der Waals surface area contributed by atoms with Gasteiger partial charge in [0.25, 0.3) is 5.91 Å². The van der Waals surface area contributed by atoms with Gasteiger partial charge in [0.1, 0.15) is 5.82 Å². The lowest BCUT2D eigenvalue weighted by molar-refractivity contribution is 0.0950. The lowest BCUT2D eigenvalue weighted by Gasteiger charge is -2.36. The van der Waals surface area contributed by atoms with Gasteiger partial charge in [0.05, 0.1) is 0 Å². The second-order valence-corrected chi connectivity index (χ2v) is 8.19. The maximum absolute atomic E-state index is 13.3. The molecule has 1 fully saturated rings. The van der Waals surface area contributed by atoms with Crippen molar-refractivity contribution >= 4 is 23.2 Å². The van der Waals surface area contributed by atoms with Crippen LogP contribution in [0.5, 0.6) is 0 Å². The van der Waals surface area contributed by atoms with E-state index in [1.54, 1.807) is 12.1 Å². The summed E-state index contributed by atoms with van der Waals surface area (Å²) < 4.78 is 13.3. The average Bonchev–Trinajstić information content (AvgIpc) is 2.79. The Hall–Kier alpha value is -2.89. The van der Waals surface area contributed by atoms with Crippen LogP contribution in [-0.2, 0) is 13.1 Å². The van der Waals surface area contributed by atoms with Crippen LogP contribution in [0.4, 0.5) is 10.1 Å². The molecule has 0 saturated carbocycles.